The number of halogens is 1. The summed E-state index contributed by atoms with van der Waals surface area (Å²) in [5.74, 6) is 0.453. The fourth-order valence-corrected chi connectivity index (χ4v) is 3.48. The van der Waals surface area contributed by atoms with Crippen molar-refractivity contribution in [3.05, 3.63) is 64.7 Å². The number of carbonyl (C=O) groups is 1. The van der Waals surface area contributed by atoms with E-state index in [0.717, 1.165) is 12.1 Å². The molecule has 0 atom stereocenters. The molecule has 0 unspecified atom stereocenters. The van der Waals surface area contributed by atoms with Gasteiger partial charge in [-0.1, -0.05) is 59.8 Å². The van der Waals surface area contributed by atoms with Crippen LogP contribution in [0.1, 0.15) is 11.1 Å². The number of hydrogen-bond acceptors (Lipinski definition) is 5. The van der Waals surface area contributed by atoms with Gasteiger partial charge in [-0.05, 0) is 17.7 Å². The minimum Gasteiger partial charge on any atom is -0.411 e. The first kappa shape index (κ1) is 20.4. The molecule has 146 valence electrons. The molecule has 0 aliphatic heterocycles. The predicted molar refractivity (Wildman–Crippen MR) is 110 cm³/mol. The van der Waals surface area contributed by atoms with Crippen LogP contribution in [0.4, 0.5) is 0 Å². The summed E-state index contributed by atoms with van der Waals surface area (Å²) in [5, 5.41) is 11.8. The highest BCUT2D eigenvalue weighted by atomic mass is 35.5. The van der Waals surface area contributed by atoms with Gasteiger partial charge in [-0.2, -0.15) is 0 Å². The van der Waals surface area contributed by atoms with E-state index in [0.29, 0.717) is 28.2 Å². The Hall–Kier alpha value is -2.35. The van der Waals surface area contributed by atoms with Gasteiger partial charge < -0.3 is 14.6 Å². The second-order valence-corrected chi connectivity index (χ2v) is 7.90. The van der Waals surface area contributed by atoms with Crippen LogP contribution in [0.5, 0.6) is 0 Å². The normalized spacial score (nSPS) is 11.0. The third-order valence-corrected chi connectivity index (χ3v) is 5.12. The Kier molecular flexibility index (Phi) is 7.08. The van der Waals surface area contributed by atoms with E-state index in [1.165, 1.54) is 22.2 Å². The number of thioether (sulfide) groups is 1. The number of benzene rings is 2. The minimum absolute atomic E-state index is 0.0884. The van der Waals surface area contributed by atoms with E-state index in [2.05, 4.69) is 35.7 Å². The van der Waals surface area contributed by atoms with Crippen molar-refractivity contribution in [2.24, 2.45) is 0 Å². The van der Waals surface area contributed by atoms with Gasteiger partial charge in [0, 0.05) is 12.1 Å². The summed E-state index contributed by atoms with van der Waals surface area (Å²) in [6.07, 6.45) is 0. The van der Waals surface area contributed by atoms with E-state index in [1.807, 2.05) is 36.4 Å². The average molecular weight is 418 g/mol. The number of aromatic nitrogens is 2. The molecule has 0 fully saturated rings. The molecule has 0 saturated heterocycles. The first-order valence-electron chi connectivity index (χ1n) is 8.86. The molecule has 2 aromatic carbocycles. The van der Waals surface area contributed by atoms with Crippen molar-refractivity contribution in [2.75, 3.05) is 19.8 Å². The third kappa shape index (κ3) is 5.58. The number of hydrogen-bond donors (Lipinski definition) is 2. The molecule has 28 heavy (non-hydrogen) atoms. The summed E-state index contributed by atoms with van der Waals surface area (Å²) in [4.78, 5) is 13.5. The number of rotatable bonds is 8. The maximum Gasteiger partial charge on any atom is 0.277 e. The molecule has 0 aliphatic rings. The van der Waals surface area contributed by atoms with Crippen molar-refractivity contribution < 1.29 is 14.1 Å². The molecule has 3 rings (SSSR count). The zero-order valence-corrected chi connectivity index (χ0v) is 17.3. The first-order valence-corrected chi connectivity index (χ1v) is 10.2. The average Bonchev–Trinajstić information content (AvgIpc) is 3.14. The lowest BCUT2D eigenvalue weighted by molar-refractivity contribution is -0.872. The molecule has 3 aromatic rings. The van der Waals surface area contributed by atoms with Gasteiger partial charge in [0.15, 0.2) is 0 Å². The number of amides is 1. The molecule has 1 aromatic heterocycles. The number of nitrogens with zero attached hydrogens (tertiary/aromatic N) is 2. The van der Waals surface area contributed by atoms with Crippen LogP contribution < -0.4 is 10.2 Å². The van der Waals surface area contributed by atoms with Crippen LogP contribution in [0.3, 0.4) is 0 Å². The maximum atomic E-state index is 12.2. The Morgan fingerprint density at radius 1 is 1.11 bits per heavy atom. The van der Waals surface area contributed by atoms with Crippen LogP contribution in [0.25, 0.3) is 11.5 Å². The Balaban J connectivity index is 1.52. The molecule has 1 heterocycles. The van der Waals surface area contributed by atoms with Crippen LogP contribution in [0.15, 0.2) is 58.2 Å². The van der Waals surface area contributed by atoms with Crippen molar-refractivity contribution in [3.63, 3.8) is 0 Å². The predicted octanol–water partition coefficient (Wildman–Crippen LogP) is 2.44. The van der Waals surface area contributed by atoms with E-state index < -0.39 is 0 Å². The van der Waals surface area contributed by atoms with Crippen LogP contribution >= 0.6 is 23.4 Å². The monoisotopic (exact) mass is 417 g/mol. The summed E-state index contributed by atoms with van der Waals surface area (Å²) in [6.45, 7) is 1.41. The zero-order chi connectivity index (χ0) is 19.9. The maximum absolute atomic E-state index is 12.2. The third-order valence-electron chi connectivity index (χ3n) is 3.98. The van der Waals surface area contributed by atoms with E-state index in [1.54, 1.807) is 6.07 Å². The number of carbonyl (C=O) groups excluding carboxylic acids is 1. The zero-order valence-electron chi connectivity index (χ0n) is 15.7. The van der Waals surface area contributed by atoms with E-state index in [-0.39, 0.29) is 11.7 Å². The Morgan fingerprint density at radius 3 is 2.57 bits per heavy atom. The molecule has 0 spiro atoms. The lowest BCUT2D eigenvalue weighted by Crippen LogP contribution is -3.04. The molecule has 8 heteroatoms. The van der Waals surface area contributed by atoms with Gasteiger partial charge in [0.25, 0.3) is 5.22 Å². The van der Waals surface area contributed by atoms with Crippen LogP contribution in [0.2, 0.25) is 5.02 Å². The highest BCUT2D eigenvalue weighted by Gasteiger charge is 2.13. The molecule has 0 saturated carbocycles. The van der Waals surface area contributed by atoms with Gasteiger partial charge in [-0.3, -0.25) is 4.79 Å². The van der Waals surface area contributed by atoms with Gasteiger partial charge in [0.05, 0.1) is 30.4 Å². The van der Waals surface area contributed by atoms with Crippen molar-refractivity contribution in [2.45, 2.75) is 18.3 Å². The lowest BCUT2D eigenvalue weighted by Gasteiger charge is -2.12. The molecule has 0 radical (unpaired) electrons. The minimum atomic E-state index is -0.0884. The standard InChI is InChI=1S/C20H21ClN4O2S/c1-25(2)12-15-8-4-3-7-14(15)11-22-18(26)13-28-20-24-23-19(27-20)16-9-5-6-10-17(16)21/h3-10H,11-13H2,1-2H3,(H,22,26)/p+1. The Bertz CT molecular complexity index is 945. The Morgan fingerprint density at radius 2 is 1.82 bits per heavy atom. The highest BCUT2D eigenvalue weighted by molar-refractivity contribution is 7.99. The number of nitrogens with one attached hydrogen (secondary N) is 2. The van der Waals surface area contributed by atoms with Crippen LogP contribution in [-0.2, 0) is 17.9 Å². The van der Waals surface area contributed by atoms with Gasteiger partial charge >= 0.3 is 0 Å². The molecule has 1 amide bonds. The molecule has 2 N–H and O–H groups in total. The van der Waals surface area contributed by atoms with Crippen molar-refractivity contribution >= 4 is 29.3 Å². The van der Waals surface area contributed by atoms with Gasteiger partial charge in [0.1, 0.15) is 6.54 Å². The molecule has 0 aliphatic carbocycles. The van der Waals surface area contributed by atoms with Crippen LogP contribution in [0, 0.1) is 0 Å². The molecule has 0 bridgehead atoms. The van der Waals surface area contributed by atoms with E-state index in [4.69, 9.17) is 16.0 Å². The smallest absolute Gasteiger partial charge is 0.277 e. The fraction of sp³-hybridized carbons (Fsp3) is 0.250. The second-order valence-electron chi connectivity index (χ2n) is 6.57. The summed E-state index contributed by atoms with van der Waals surface area (Å²) >= 11 is 7.34. The Labute approximate surface area is 173 Å². The largest absolute Gasteiger partial charge is 0.411 e. The highest BCUT2D eigenvalue weighted by Crippen LogP contribution is 2.28. The lowest BCUT2D eigenvalue weighted by atomic mass is 10.1. The van der Waals surface area contributed by atoms with Gasteiger partial charge in [-0.15, -0.1) is 10.2 Å². The van der Waals surface area contributed by atoms with Crippen molar-refractivity contribution in [1.82, 2.24) is 15.5 Å². The van der Waals surface area contributed by atoms with Gasteiger partial charge in [0.2, 0.25) is 11.8 Å². The SMILES string of the molecule is C[NH+](C)Cc1ccccc1CNC(=O)CSc1nnc(-c2ccccc2Cl)o1. The summed E-state index contributed by atoms with van der Waals surface area (Å²) in [6, 6.07) is 15.4. The summed E-state index contributed by atoms with van der Waals surface area (Å²) in [7, 11) is 4.21. The first-order chi connectivity index (χ1) is 13.5. The van der Waals surface area contributed by atoms with Crippen molar-refractivity contribution in [3.8, 4) is 11.5 Å². The topological polar surface area (TPSA) is 72.5 Å². The fourth-order valence-electron chi connectivity index (χ4n) is 2.67. The molecular weight excluding hydrogens is 396 g/mol. The molecular formula is C20H22ClN4O2S+. The quantitative estimate of drug-likeness (QED) is 0.551. The second kappa shape index (κ2) is 9.73. The summed E-state index contributed by atoms with van der Waals surface area (Å²) in [5.41, 5.74) is 3.03. The van der Waals surface area contributed by atoms with E-state index >= 15 is 0 Å². The summed E-state index contributed by atoms with van der Waals surface area (Å²) < 4.78 is 5.60. The van der Waals surface area contributed by atoms with Crippen LogP contribution in [-0.4, -0.2) is 36.0 Å². The van der Waals surface area contributed by atoms with E-state index in [9.17, 15) is 4.79 Å². The van der Waals surface area contributed by atoms with Crippen molar-refractivity contribution in [1.29, 1.82) is 0 Å². The van der Waals surface area contributed by atoms with Gasteiger partial charge in [-0.25, -0.2) is 0 Å². The number of quaternary nitrogens is 1. The molecule has 6 nitrogen and oxygen atoms in total.